The second-order valence-corrected chi connectivity index (χ2v) is 6.07. The average Bonchev–Trinajstić information content (AvgIpc) is 3.28. The molecule has 0 saturated carbocycles. The highest BCUT2D eigenvalue weighted by Crippen LogP contribution is 2.20. The number of aromatic nitrogens is 3. The first-order chi connectivity index (χ1) is 11.6. The molecule has 1 aromatic carbocycles. The molecule has 1 aliphatic heterocycles. The number of hydrogen-bond donors (Lipinski definition) is 1. The van der Waals surface area contributed by atoms with Gasteiger partial charge < -0.3 is 10.2 Å². The summed E-state index contributed by atoms with van der Waals surface area (Å²) in [7, 11) is 0. The maximum atomic E-state index is 12.4. The van der Waals surface area contributed by atoms with Crippen molar-refractivity contribution in [3.8, 4) is 0 Å². The molecule has 7 heteroatoms. The van der Waals surface area contributed by atoms with Crippen LogP contribution in [-0.2, 0) is 4.79 Å². The molecule has 0 aliphatic carbocycles. The fraction of sp³-hybridized carbons (Fsp3) is 0.412. The first-order valence-electron chi connectivity index (χ1n) is 8.11. The quantitative estimate of drug-likeness (QED) is 0.931. The third-order valence-electron chi connectivity index (χ3n) is 4.34. The van der Waals surface area contributed by atoms with Crippen molar-refractivity contribution in [1.29, 1.82) is 0 Å². The minimum Gasteiger partial charge on any atom is -0.339 e. The standard InChI is InChI=1S/C17H21N5O2/c1-12-9-14(17(24)21-7-3-4-8-21)5-6-15(12)20-16(23)13(2)22-11-18-10-19-22/h5-6,9-11,13H,3-4,7-8H2,1-2H3,(H,20,23). The predicted molar refractivity (Wildman–Crippen MR) is 89.7 cm³/mol. The molecule has 0 bridgehead atoms. The number of amides is 2. The van der Waals surface area contributed by atoms with Crippen LogP contribution >= 0.6 is 0 Å². The van der Waals surface area contributed by atoms with E-state index in [0.29, 0.717) is 11.3 Å². The summed E-state index contributed by atoms with van der Waals surface area (Å²) in [6.07, 6.45) is 5.04. The number of hydrogen-bond acceptors (Lipinski definition) is 4. The van der Waals surface area contributed by atoms with Gasteiger partial charge in [0, 0.05) is 24.3 Å². The van der Waals surface area contributed by atoms with Gasteiger partial charge in [-0.15, -0.1) is 0 Å². The van der Waals surface area contributed by atoms with Crippen LogP contribution in [0.15, 0.2) is 30.9 Å². The summed E-state index contributed by atoms with van der Waals surface area (Å²) in [5.74, 6) is -0.119. The Morgan fingerprint density at radius 2 is 2.00 bits per heavy atom. The number of benzene rings is 1. The highest BCUT2D eigenvalue weighted by molar-refractivity contribution is 5.97. The Morgan fingerprint density at radius 1 is 1.25 bits per heavy atom. The summed E-state index contributed by atoms with van der Waals surface area (Å²) in [6, 6.07) is 4.92. The topological polar surface area (TPSA) is 80.1 Å². The van der Waals surface area contributed by atoms with E-state index in [1.54, 1.807) is 19.1 Å². The lowest BCUT2D eigenvalue weighted by atomic mass is 10.1. The maximum absolute atomic E-state index is 12.4. The molecule has 1 atom stereocenters. The van der Waals surface area contributed by atoms with Crippen molar-refractivity contribution in [2.75, 3.05) is 18.4 Å². The van der Waals surface area contributed by atoms with Gasteiger partial charge in [0.2, 0.25) is 5.91 Å². The first-order valence-corrected chi connectivity index (χ1v) is 8.11. The van der Waals surface area contributed by atoms with Crippen LogP contribution in [0.25, 0.3) is 0 Å². The van der Waals surface area contributed by atoms with E-state index in [-0.39, 0.29) is 11.8 Å². The fourth-order valence-electron chi connectivity index (χ4n) is 2.81. The van der Waals surface area contributed by atoms with Crippen LogP contribution in [0.1, 0.15) is 41.7 Å². The summed E-state index contributed by atoms with van der Waals surface area (Å²) in [5.41, 5.74) is 2.22. The van der Waals surface area contributed by atoms with Crippen LogP contribution in [0.5, 0.6) is 0 Å². The van der Waals surface area contributed by atoms with Crippen molar-refractivity contribution in [3.63, 3.8) is 0 Å². The Balaban J connectivity index is 1.70. The van der Waals surface area contributed by atoms with Gasteiger partial charge in [-0.05, 0) is 50.5 Å². The van der Waals surface area contributed by atoms with Gasteiger partial charge >= 0.3 is 0 Å². The van der Waals surface area contributed by atoms with Gasteiger partial charge in [-0.1, -0.05) is 0 Å². The molecular weight excluding hydrogens is 306 g/mol. The molecule has 2 heterocycles. The van der Waals surface area contributed by atoms with Gasteiger partial charge in [0.05, 0.1) is 0 Å². The zero-order valence-corrected chi connectivity index (χ0v) is 13.9. The van der Waals surface area contributed by atoms with E-state index in [0.717, 1.165) is 31.5 Å². The normalized spacial score (nSPS) is 15.3. The lowest BCUT2D eigenvalue weighted by molar-refractivity contribution is -0.119. The average molecular weight is 327 g/mol. The van der Waals surface area contributed by atoms with E-state index >= 15 is 0 Å². The van der Waals surface area contributed by atoms with Crippen LogP contribution in [0.2, 0.25) is 0 Å². The second-order valence-electron chi connectivity index (χ2n) is 6.07. The molecule has 2 aromatic rings. The molecule has 1 aliphatic rings. The number of rotatable bonds is 4. The van der Waals surface area contributed by atoms with Crippen molar-refractivity contribution in [2.45, 2.75) is 32.7 Å². The third kappa shape index (κ3) is 3.29. The number of aryl methyl sites for hydroxylation is 1. The van der Waals surface area contributed by atoms with E-state index in [9.17, 15) is 9.59 Å². The summed E-state index contributed by atoms with van der Waals surface area (Å²) in [4.78, 5) is 30.5. The molecule has 1 saturated heterocycles. The van der Waals surface area contributed by atoms with Gasteiger partial charge in [0.15, 0.2) is 0 Å². The molecule has 2 amide bonds. The number of carbonyl (C=O) groups excluding carboxylic acids is 2. The summed E-state index contributed by atoms with van der Waals surface area (Å²) in [5, 5.41) is 6.86. The first kappa shape index (κ1) is 16.2. The van der Waals surface area contributed by atoms with E-state index in [2.05, 4.69) is 15.4 Å². The molecular formula is C17H21N5O2. The molecule has 1 N–H and O–H groups in total. The monoisotopic (exact) mass is 327 g/mol. The minimum atomic E-state index is -0.460. The molecule has 0 radical (unpaired) electrons. The van der Waals surface area contributed by atoms with Crippen LogP contribution in [-0.4, -0.2) is 44.6 Å². The number of carbonyl (C=O) groups is 2. The minimum absolute atomic E-state index is 0.0597. The Hall–Kier alpha value is -2.70. The predicted octanol–water partition coefficient (Wildman–Crippen LogP) is 2.02. The van der Waals surface area contributed by atoms with E-state index in [4.69, 9.17) is 0 Å². The Morgan fingerprint density at radius 3 is 2.62 bits per heavy atom. The molecule has 1 unspecified atom stereocenters. The van der Waals surface area contributed by atoms with Gasteiger partial charge in [-0.2, -0.15) is 5.10 Å². The lowest BCUT2D eigenvalue weighted by Gasteiger charge is -2.17. The number of likely N-dealkylation sites (tertiary alicyclic amines) is 1. The summed E-state index contributed by atoms with van der Waals surface area (Å²) < 4.78 is 1.50. The van der Waals surface area contributed by atoms with Crippen molar-refractivity contribution >= 4 is 17.5 Å². The highest BCUT2D eigenvalue weighted by atomic mass is 16.2. The third-order valence-corrected chi connectivity index (χ3v) is 4.34. The lowest BCUT2D eigenvalue weighted by Crippen LogP contribution is -2.28. The zero-order valence-electron chi connectivity index (χ0n) is 13.9. The van der Waals surface area contributed by atoms with Crippen molar-refractivity contribution in [3.05, 3.63) is 42.0 Å². The molecule has 1 aromatic heterocycles. The molecule has 1 fully saturated rings. The van der Waals surface area contributed by atoms with E-state index in [1.165, 1.54) is 17.3 Å². The van der Waals surface area contributed by atoms with Gasteiger partial charge in [0.1, 0.15) is 18.7 Å². The maximum Gasteiger partial charge on any atom is 0.253 e. The molecule has 24 heavy (non-hydrogen) atoms. The van der Waals surface area contributed by atoms with Crippen molar-refractivity contribution in [1.82, 2.24) is 19.7 Å². The fourth-order valence-corrected chi connectivity index (χ4v) is 2.81. The van der Waals surface area contributed by atoms with Crippen LogP contribution in [0.4, 0.5) is 5.69 Å². The Kier molecular flexibility index (Phi) is 4.59. The van der Waals surface area contributed by atoms with Gasteiger partial charge in [0.25, 0.3) is 5.91 Å². The molecule has 126 valence electrons. The van der Waals surface area contributed by atoms with E-state index in [1.807, 2.05) is 17.9 Å². The van der Waals surface area contributed by atoms with Crippen LogP contribution in [0.3, 0.4) is 0 Å². The van der Waals surface area contributed by atoms with Crippen molar-refractivity contribution < 1.29 is 9.59 Å². The van der Waals surface area contributed by atoms with Gasteiger partial charge in [-0.3, -0.25) is 9.59 Å². The number of anilines is 1. The Bertz CT molecular complexity index is 735. The molecule has 7 nitrogen and oxygen atoms in total. The smallest absolute Gasteiger partial charge is 0.253 e. The second kappa shape index (κ2) is 6.82. The van der Waals surface area contributed by atoms with Crippen LogP contribution in [0, 0.1) is 6.92 Å². The van der Waals surface area contributed by atoms with Crippen LogP contribution < -0.4 is 5.32 Å². The molecule has 3 rings (SSSR count). The number of nitrogens with one attached hydrogen (secondary N) is 1. The van der Waals surface area contributed by atoms with E-state index < -0.39 is 6.04 Å². The summed E-state index contributed by atoms with van der Waals surface area (Å²) in [6.45, 7) is 5.29. The SMILES string of the molecule is Cc1cc(C(=O)N2CCCC2)ccc1NC(=O)C(C)n1cncn1. The zero-order chi connectivity index (χ0) is 17.1. The molecule has 0 spiro atoms. The summed E-state index contributed by atoms with van der Waals surface area (Å²) >= 11 is 0. The Labute approximate surface area is 140 Å². The highest BCUT2D eigenvalue weighted by Gasteiger charge is 2.21. The van der Waals surface area contributed by atoms with Crippen molar-refractivity contribution in [2.24, 2.45) is 0 Å². The van der Waals surface area contributed by atoms with Gasteiger partial charge in [-0.25, -0.2) is 9.67 Å². The number of nitrogens with zero attached hydrogens (tertiary/aromatic N) is 4. The largest absolute Gasteiger partial charge is 0.339 e.